The third kappa shape index (κ3) is 10.3. The molecule has 0 saturated carbocycles. The molecule has 0 bridgehead atoms. The van der Waals surface area contributed by atoms with Crippen LogP contribution in [-0.4, -0.2) is 50.8 Å². The van der Waals surface area contributed by atoms with Gasteiger partial charge in [-0.1, -0.05) is 23.2 Å². The van der Waals surface area contributed by atoms with Gasteiger partial charge >= 0.3 is 0 Å². The number of rotatable bonds is 9. The van der Waals surface area contributed by atoms with Gasteiger partial charge in [-0.3, -0.25) is 4.79 Å². The molecular formula is C12H19Cl4N3O3. The second kappa shape index (κ2) is 14.1. The van der Waals surface area contributed by atoms with Crippen molar-refractivity contribution in [3.8, 4) is 5.88 Å². The first kappa shape index (κ1) is 23.8. The van der Waals surface area contributed by atoms with Crippen LogP contribution in [0.5, 0.6) is 5.88 Å². The number of halogens is 4. The van der Waals surface area contributed by atoms with E-state index in [1.807, 2.05) is 0 Å². The Morgan fingerprint density at radius 1 is 1.27 bits per heavy atom. The number of pyridine rings is 1. The Hall–Kier alpha value is -0.500. The summed E-state index contributed by atoms with van der Waals surface area (Å²) in [5, 5.41) is 6.41. The number of nitrogens with one attached hydrogen (secondary N) is 2. The molecule has 0 saturated heterocycles. The number of aromatic nitrogens is 1. The van der Waals surface area contributed by atoms with Crippen LogP contribution in [0.1, 0.15) is 0 Å². The van der Waals surface area contributed by atoms with E-state index in [2.05, 4.69) is 15.6 Å². The monoisotopic (exact) mass is 393 g/mol. The number of hydrogen-bond acceptors (Lipinski definition) is 5. The number of carbonyl (C=O) groups excluding carboxylic acids is 1. The first-order valence-corrected chi connectivity index (χ1v) is 6.79. The van der Waals surface area contributed by atoms with Crippen LogP contribution in [0.4, 0.5) is 0 Å². The fraction of sp³-hybridized carbons (Fsp3) is 0.500. The minimum Gasteiger partial charge on any atom is -0.475 e. The molecule has 1 rings (SSSR count). The van der Waals surface area contributed by atoms with Crippen LogP contribution in [-0.2, 0) is 9.53 Å². The van der Waals surface area contributed by atoms with Crippen molar-refractivity contribution in [2.45, 2.75) is 0 Å². The van der Waals surface area contributed by atoms with Crippen LogP contribution < -0.4 is 15.4 Å². The summed E-state index contributed by atoms with van der Waals surface area (Å²) in [7, 11) is 1.61. The van der Waals surface area contributed by atoms with Crippen LogP contribution in [0.25, 0.3) is 0 Å². The van der Waals surface area contributed by atoms with Gasteiger partial charge in [-0.2, -0.15) is 0 Å². The predicted molar refractivity (Wildman–Crippen MR) is 92.0 cm³/mol. The van der Waals surface area contributed by atoms with Crippen LogP contribution in [0.2, 0.25) is 10.0 Å². The van der Waals surface area contributed by atoms with Gasteiger partial charge in [0.15, 0.2) is 0 Å². The van der Waals surface area contributed by atoms with Crippen molar-refractivity contribution >= 4 is 53.9 Å². The Bertz CT molecular complexity index is 438. The van der Waals surface area contributed by atoms with Gasteiger partial charge in [-0.15, -0.1) is 24.8 Å². The maximum Gasteiger partial charge on any atom is 0.234 e. The molecule has 0 unspecified atom stereocenters. The molecule has 0 aliphatic heterocycles. The van der Waals surface area contributed by atoms with Gasteiger partial charge < -0.3 is 20.1 Å². The summed E-state index contributed by atoms with van der Waals surface area (Å²) in [4.78, 5) is 15.3. The predicted octanol–water partition coefficient (Wildman–Crippen LogP) is 1.96. The Morgan fingerprint density at radius 2 is 2.00 bits per heavy atom. The summed E-state index contributed by atoms with van der Waals surface area (Å²) in [6.07, 6.45) is 1.45. The summed E-state index contributed by atoms with van der Waals surface area (Å²) in [5.74, 6) is 0.184. The highest BCUT2D eigenvalue weighted by Crippen LogP contribution is 2.24. The Labute approximate surface area is 152 Å². The van der Waals surface area contributed by atoms with Crippen molar-refractivity contribution in [2.75, 3.05) is 40.0 Å². The molecule has 10 heteroatoms. The van der Waals surface area contributed by atoms with Gasteiger partial charge in [-0.25, -0.2) is 4.98 Å². The van der Waals surface area contributed by atoms with Crippen molar-refractivity contribution in [3.63, 3.8) is 0 Å². The van der Waals surface area contributed by atoms with E-state index in [1.165, 1.54) is 6.20 Å². The smallest absolute Gasteiger partial charge is 0.234 e. The number of carbonyl (C=O) groups is 1. The van der Waals surface area contributed by atoms with E-state index >= 15 is 0 Å². The highest BCUT2D eigenvalue weighted by atomic mass is 35.5. The number of ether oxygens (including phenoxy) is 2. The van der Waals surface area contributed by atoms with Crippen molar-refractivity contribution in [3.05, 3.63) is 22.3 Å². The lowest BCUT2D eigenvalue weighted by Gasteiger charge is -2.08. The van der Waals surface area contributed by atoms with Gasteiger partial charge in [0.1, 0.15) is 11.6 Å². The molecule has 1 aromatic rings. The Kier molecular flexibility index (Phi) is 15.2. The summed E-state index contributed by atoms with van der Waals surface area (Å²) >= 11 is 11.6. The third-order valence-electron chi connectivity index (χ3n) is 2.21. The highest BCUT2D eigenvalue weighted by Gasteiger charge is 2.04. The zero-order valence-corrected chi connectivity index (χ0v) is 15.1. The second-order valence-electron chi connectivity index (χ2n) is 3.81. The molecule has 0 radical (unpaired) electrons. The third-order valence-corrected chi connectivity index (χ3v) is 2.68. The number of amides is 1. The van der Waals surface area contributed by atoms with Crippen molar-refractivity contribution < 1.29 is 14.3 Å². The molecule has 128 valence electrons. The standard InChI is InChI=1S/C12H17Cl2N3O3.2ClH/c1-19-4-2-15-8-11(18)16-3-5-20-12-10(14)6-9(13)7-17-12;;/h6-7,15H,2-5,8H2,1H3,(H,16,18);2*1H. The molecule has 0 atom stereocenters. The molecule has 22 heavy (non-hydrogen) atoms. The van der Waals surface area contributed by atoms with E-state index < -0.39 is 0 Å². The van der Waals surface area contributed by atoms with E-state index in [0.717, 1.165) is 0 Å². The fourth-order valence-electron chi connectivity index (χ4n) is 1.29. The Morgan fingerprint density at radius 3 is 2.64 bits per heavy atom. The minimum absolute atomic E-state index is 0. The zero-order chi connectivity index (χ0) is 14.8. The van der Waals surface area contributed by atoms with Gasteiger partial charge in [0.2, 0.25) is 11.8 Å². The molecule has 1 amide bonds. The molecule has 0 fully saturated rings. The summed E-state index contributed by atoms with van der Waals surface area (Å²) in [6.45, 7) is 2.08. The SMILES string of the molecule is COCCNCC(=O)NCCOc1ncc(Cl)cc1Cl.Cl.Cl. The molecule has 0 aliphatic rings. The van der Waals surface area contributed by atoms with Crippen molar-refractivity contribution in [1.29, 1.82) is 0 Å². The molecule has 0 aliphatic carbocycles. The van der Waals surface area contributed by atoms with E-state index in [-0.39, 0.29) is 43.9 Å². The largest absolute Gasteiger partial charge is 0.475 e. The van der Waals surface area contributed by atoms with E-state index in [4.69, 9.17) is 32.7 Å². The maximum atomic E-state index is 11.4. The first-order chi connectivity index (χ1) is 9.63. The lowest BCUT2D eigenvalue weighted by molar-refractivity contribution is -0.120. The van der Waals surface area contributed by atoms with Crippen molar-refractivity contribution in [2.24, 2.45) is 0 Å². The van der Waals surface area contributed by atoms with Gasteiger partial charge in [-0.05, 0) is 6.07 Å². The van der Waals surface area contributed by atoms with Gasteiger partial charge in [0.05, 0.1) is 24.7 Å². The fourth-order valence-corrected chi connectivity index (χ4v) is 1.72. The molecule has 6 nitrogen and oxygen atoms in total. The van der Waals surface area contributed by atoms with Crippen LogP contribution in [0.15, 0.2) is 12.3 Å². The van der Waals surface area contributed by atoms with Crippen LogP contribution in [0, 0.1) is 0 Å². The lowest BCUT2D eigenvalue weighted by Crippen LogP contribution is -2.37. The summed E-state index contributed by atoms with van der Waals surface area (Å²) in [5.41, 5.74) is 0. The first-order valence-electron chi connectivity index (χ1n) is 6.03. The summed E-state index contributed by atoms with van der Waals surface area (Å²) < 4.78 is 10.2. The van der Waals surface area contributed by atoms with Gasteiger partial charge in [0.25, 0.3) is 0 Å². The van der Waals surface area contributed by atoms with E-state index in [9.17, 15) is 4.79 Å². The van der Waals surface area contributed by atoms with Gasteiger partial charge in [0, 0.05) is 19.9 Å². The quantitative estimate of drug-likeness (QED) is 0.626. The van der Waals surface area contributed by atoms with E-state index in [1.54, 1.807) is 13.2 Å². The van der Waals surface area contributed by atoms with Crippen LogP contribution in [0.3, 0.4) is 0 Å². The topological polar surface area (TPSA) is 72.5 Å². The maximum absolute atomic E-state index is 11.4. The second-order valence-corrected chi connectivity index (χ2v) is 4.65. The average molecular weight is 395 g/mol. The minimum atomic E-state index is -0.111. The normalized spacial score (nSPS) is 9.41. The molecule has 0 spiro atoms. The van der Waals surface area contributed by atoms with E-state index in [0.29, 0.717) is 35.6 Å². The molecule has 0 aromatic carbocycles. The molecule has 1 aromatic heterocycles. The highest BCUT2D eigenvalue weighted by molar-refractivity contribution is 6.35. The summed E-state index contributed by atoms with van der Waals surface area (Å²) in [6, 6.07) is 1.55. The zero-order valence-electron chi connectivity index (χ0n) is 11.9. The lowest BCUT2D eigenvalue weighted by atomic mass is 10.5. The average Bonchev–Trinajstić information content (AvgIpc) is 2.41. The molecule has 2 N–H and O–H groups in total. The number of hydrogen-bond donors (Lipinski definition) is 2. The number of methoxy groups -OCH3 is 1. The van der Waals surface area contributed by atoms with Crippen LogP contribution >= 0.6 is 48.0 Å². The van der Waals surface area contributed by atoms with Crippen molar-refractivity contribution in [1.82, 2.24) is 15.6 Å². The number of nitrogens with zero attached hydrogens (tertiary/aromatic N) is 1. The molecule has 1 heterocycles. The Balaban J connectivity index is 0. The molecular weight excluding hydrogens is 376 g/mol.